The Bertz CT molecular complexity index is 742. The van der Waals surface area contributed by atoms with Gasteiger partial charge in [0.2, 0.25) is 0 Å². The fourth-order valence-electron chi connectivity index (χ4n) is 2.02. The van der Waals surface area contributed by atoms with Crippen LogP contribution < -0.4 is 0 Å². The average Bonchev–Trinajstić information content (AvgIpc) is 2.87. The third kappa shape index (κ3) is 2.43. The maximum Gasteiger partial charge on any atom is 0.153 e. The van der Waals surface area contributed by atoms with Crippen LogP contribution >= 0.6 is 0 Å². The smallest absolute Gasteiger partial charge is 0.153 e. The van der Waals surface area contributed by atoms with Crippen molar-refractivity contribution in [2.24, 2.45) is 0 Å². The zero-order valence-corrected chi connectivity index (χ0v) is 10.8. The van der Waals surface area contributed by atoms with E-state index >= 15 is 0 Å². The maximum atomic E-state index is 8.90. The number of hydrogen-bond acceptors (Lipinski definition) is 3. The number of nitrogens with zero attached hydrogens (tertiary/aromatic N) is 4. The van der Waals surface area contributed by atoms with Crippen LogP contribution in [-0.4, -0.2) is 14.8 Å². The van der Waals surface area contributed by atoms with Crippen molar-refractivity contribution < 1.29 is 0 Å². The minimum absolute atomic E-state index is 0.664. The molecule has 1 aliphatic rings. The second-order valence-corrected chi connectivity index (χ2v) is 4.39. The first-order chi connectivity index (χ1) is 9.86. The van der Waals surface area contributed by atoms with Crippen molar-refractivity contribution in [3.05, 3.63) is 72.2 Å². The molecule has 0 atom stereocenters. The van der Waals surface area contributed by atoms with Gasteiger partial charge in [-0.3, -0.25) is 0 Å². The van der Waals surface area contributed by atoms with Crippen LogP contribution in [0.4, 0.5) is 0 Å². The molecule has 2 heterocycles. The first-order valence-electron chi connectivity index (χ1n) is 6.31. The van der Waals surface area contributed by atoms with Gasteiger partial charge in [-0.25, -0.2) is 9.67 Å². The lowest BCUT2D eigenvalue weighted by atomic mass is 10.1. The zero-order chi connectivity index (χ0) is 13.8. The molecule has 0 bridgehead atoms. The van der Waals surface area contributed by atoms with E-state index in [9.17, 15) is 0 Å². The van der Waals surface area contributed by atoms with Gasteiger partial charge in [-0.1, -0.05) is 18.2 Å². The van der Waals surface area contributed by atoms with Gasteiger partial charge in [0.1, 0.15) is 0 Å². The molecule has 0 fully saturated rings. The molecule has 4 heteroatoms. The molecule has 20 heavy (non-hydrogen) atoms. The summed E-state index contributed by atoms with van der Waals surface area (Å²) in [7, 11) is 0. The number of pyridine rings is 1. The van der Waals surface area contributed by atoms with Crippen LogP contribution in [0.5, 0.6) is 0 Å². The van der Waals surface area contributed by atoms with E-state index in [0.29, 0.717) is 5.57 Å². The van der Waals surface area contributed by atoms with Crippen LogP contribution in [0.1, 0.15) is 12.0 Å². The molecule has 2 aromatic rings. The van der Waals surface area contributed by atoms with Gasteiger partial charge in [0.25, 0.3) is 0 Å². The summed E-state index contributed by atoms with van der Waals surface area (Å²) in [6, 6.07) is 7.86. The SMILES string of the molecule is N#CC1=CC=C(c2cnn(-c3ccccn3)c2)CC=C1. The van der Waals surface area contributed by atoms with Gasteiger partial charge < -0.3 is 0 Å². The van der Waals surface area contributed by atoms with Crippen LogP contribution in [0.15, 0.2) is 66.7 Å². The predicted molar refractivity (Wildman–Crippen MR) is 76.8 cm³/mol. The molecule has 4 nitrogen and oxygen atoms in total. The predicted octanol–water partition coefficient (Wildman–Crippen LogP) is 3.06. The molecule has 0 saturated heterocycles. The largest absolute Gasteiger partial charge is 0.237 e. The highest BCUT2D eigenvalue weighted by atomic mass is 15.3. The van der Waals surface area contributed by atoms with E-state index in [1.165, 1.54) is 0 Å². The van der Waals surface area contributed by atoms with Gasteiger partial charge in [0, 0.05) is 18.0 Å². The van der Waals surface area contributed by atoms with Crippen LogP contribution in [0.2, 0.25) is 0 Å². The van der Waals surface area contributed by atoms with E-state index in [2.05, 4.69) is 16.2 Å². The van der Waals surface area contributed by atoms with Crippen molar-refractivity contribution in [1.29, 1.82) is 5.26 Å². The first-order valence-corrected chi connectivity index (χ1v) is 6.31. The monoisotopic (exact) mass is 260 g/mol. The Balaban J connectivity index is 1.92. The van der Waals surface area contributed by atoms with E-state index in [1.807, 2.05) is 54.9 Å². The summed E-state index contributed by atoms with van der Waals surface area (Å²) < 4.78 is 1.75. The zero-order valence-electron chi connectivity index (χ0n) is 10.8. The third-order valence-electron chi connectivity index (χ3n) is 3.07. The summed E-state index contributed by atoms with van der Waals surface area (Å²) in [4.78, 5) is 4.26. The van der Waals surface area contributed by atoms with Crippen LogP contribution in [0, 0.1) is 11.3 Å². The maximum absolute atomic E-state index is 8.90. The van der Waals surface area contributed by atoms with Crippen LogP contribution in [-0.2, 0) is 0 Å². The number of rotatable bonds is 2. The third-order valence-corrected chi connectivity index (χ3v) is 3.07. The van der Waals surface area contributed by atoms with Gasteiger partial charge in [-0.2, -0.15) is 10.4 Å². The second kappa shape index (κ2) is 5.37. The van der Waals surface area contributed by atoms with Crippen molar-refractivity contribution in [2.45, 2.75) is 6.42 Å². The van der Waals surface area contributed by atoms with Crippen molar-refractivity contribution in [2.75, 3.05) is 0 Å². The van der Waals surface area contributed by atoms with Gasteiger partial charge in [-0.05, 0) is 36.3 Å². The van der Waals surface area contributed by atoms with Crippen molar-refractivity contribution in [1.82, 2.24) is 14.8 Å². The first kappa shape index (κ1) is 12.1. The van der Waals surface area contributed by atoms with E-state index in [-0.39, 0.29) is 0 Å². The lowest BCUT2D eigenvalue weighted by Gasteiger charge is -1.99. The Kier molecular flexibility index (Phi) is 3.25. The Labute approximate surface area is 117 Å². The second-order valence-electron chi connectivity index (χ2n) is 4.39. The summed E-state index contributed by atoms with van der Waals surface area (Å²) >= 11 is 0. The standard InChI is InChI=1S/C16H12N4/c17-10-13-4-3-5-14(8-7-13)15-11-19-20(12-15)16-6-1-2-9-18-16/h1-4,6-9,11-12H,5H2. The molecule has 0 aliphatic heterocycles. The molecule has 96 valence electrons. The highest BCUT2D eigenvalue weighted by molar-refractivity contribution is 5.69. The molecular formula is C16H12N4. The Morgan fingerprint density at radius 1 is 1.25 bits per heavy atom. The van der Waals surface area contributed by atoms with Crippen molar-refractivity contribution in [3.8, 4) is 11.9 Å². The van der Waals surface area contributed by atoms with Crippen LogP contribution in [0.25, 0.3) is 11.4 Å². The van der Waals surface area contributed by atoms with E-state index in [4.69, 9.17) is 5.26 Å². The molecule has 0 radical (unpaired) electrons. The molecule has 0 saturated carbocycles. The summed E-state index contributed by atoms with van der Waals surface area (Å²) in [5, 5.41) is 13.2. The van der Waals surface area contributed by atoms with Gasteiger partial charge in [-0.15, -0.1) is 0 Å². The number of aromatic nitrogens is 3. The summed E-state index contributed by atoms with van der Waals surface area (Å²) in [5.74, 6) is 0.789. The molecule has 2 aromatic heterocycles. The number of hydrogen-bond donors (Lipinski definition) is 0. The molecule has 0 spiro atoms. The summed E-state index contributed by atoms with van der Waals surface area (Å²) in [5.41, 5.74) is 2.83. The van der Waals surface area contributed by atoms with Gasteiger partial charge >= 0.3 is 0 Å². The lowest BCUT2D eigenvalue weighted by Crippen LogP contribution is -1.96. The van der Waals surface area contributed by atoms with E-state index in [0.717, 1.165) is 23.4 Å². The molecule has 0 aromatic carbocycles. The van der Waals surface area contributed by atoms with Gasteiger partial charge in [0.05, 0.1) is 17.8 Å². The Hall–Kier alpha value is -2.93. The minimum Gasteiger partial charge on any atom is -0.237 e. The molecule has 0 amide bonds. The summed E-state index contributed by atoms with van der Waals surface area (Å²) in [6.07, 6.45) is 13.9. The minimum atomic E-state index is 0.664. The molecule has 3 rings (SSSR count). The highest BCUT2D eigenvalue weighted by Crippen LogP contribution is 2.22. The fourth-order valence-corrected chi connectivity index (χ4v) is 2.02. The van der Waals surface area contributed by atoms with Crippen molar-refractivity contribution in [3.63, 3.8) is 0 Å². The van der Waals surface area contributed by atoms with Gasteiger partial charge in [0.15, 0.2) is 5.82 Å². The topological polar surface area (TPSA) is 54.5 Å². The van der Waals surface area contributed by atoms with E-state index < -0.39 is 0 Å². The summed E-state index contributed by atoms with van der Waals surface area (Å²) in [6.45, 7) is 0. The molecular weight excluding hydrogens is 248 g/mol. The lowest BCUT2D eigenvalue weighted by molar-refractivity contribution is 0.847. The average molecular weight is 260 g/mol. The molecule has 1 aliphatic carbocycles. The normalized spacial score (nSPS) is 14.2. The number of nitriles is 1. The van der Waals surface area contributed by atoms with Crippen LogP contribution in [0.3, 0.4) is 0 Å². The van der Waals surface area contributed by atoms with E-state index in [1.54, 1.807) is 10.9 Å². The molecule has 0 unspecified atom stereocenters. The highest BCUT2D eigenvalue weighted by Gasteiger charge is 2.07. The Morgan fingerprint density at radius 2 is 2.20 bits per heavy atom. The number of allylic oxidation sites excluding steroid dienone is 6. The quantitative estimate of drug-likeness (QED) is 0.833. The Morgan fingerprint density at radius 3 is 3.00 bits per heavy atom. The fraction of sp³-hybridized carbons (Fsp3) is 0.0625. The van der Waals surface area contributed by atoms with Crippen molar-refractivity contribution >= 4 is 5.57 Å². The molecule has 0 N–H and O–H groups in total.